The highest BCUT2D eigenvalue weighted by Crippen LogP contribution is 2.23. The smallest absolute Gasteiger partial charge is 0.249 e. The van der Waals surface area contributed by atoms with E-state index in [0.717, 1.165) is 29.8 Å². The quantitative estimate of drug-likeness (QED) is 0.849. The second-order valence-electron chi connectivity index (χ2n) is 4.83. The average molecular weight is 256 g/mol. The number of nitrogens with two attached hydrogens (primary N) is 1. The minimum Gasteiger partial charge on any atom is -0.366 e. The molecule has 3 rings (SSSR count). The largest absolute Gasteiger partial charge is 0.366 e. The summed E-state index contributed by atoms with van der Waals surface area (Å²) in [5.74, 6) is 0.374. The van der Waals surface area contributed by atoms with E-state index in [2.05, 4.69) is 15.2 Å². The van der Waals surface area contributed by atoms with Crippen LogP contribution in [0.1, 0.15) is 10.4 Å². The van der Waals surface area contributed by atoms with Gasteiger partial charge in [-0.15, -0.1) is 0 Å². The van der Waals surface area contributed by atoms with Gasteiger partial charge in [-0.25, -0.2) is 4.98 Å². The number of carbonyl (C=O) groups is 1. The maximum absolute atomic E-state index is 11.6. The molecule has 2 heterocycles. The Morgan fingerprint density at radius 2 is 2.16 bits per heavy atom. The molecule has 0 bridgehead atoms. The third-order valence-electron chi connectivity index (χ3n) is 3.64. The van der Waals surface area contributed by atoms with Crippen molar-refractivity contribution in [3.05, 3.63) is 35.9 Å². The number of rotatable bonds is 3. The van der Waals surface area contributed by atoms with Crippen molar-refractivity contribution in [1.82, 2.24) is 10.3 Å². The molecule has 0 aliphatic carbocycles. The van der Waals surface area contributed by atoms with Crippen molar-refractivity contribution >= 4 is 22.6 Å². The summed E-state index contributed by atoms with van der Waals surface area (Å²) in [5.41, 5.74) is 6.80. The molecule has 1 aliphatic rings. The number of nitrogens with zero attached hydrogens (tertiary/aromatic N) is 2. The Morgan fingerprint density at radius 1 is 1.42 bits per heavy atom. The van der Waals surface area contributed by atoms with E-state index in [-0.39, 0.29) is 0 Å². The van der Waals surface area contributed by atoms with Gasteiger partial charge in [-0.05, 0) is 12.1 Å². The summed E-state index contributed by atoms with van der Waals surface area (Å²) in [6.07, 6.45) is 0. The first-order valence-corrected chi connectivity index (χ1v) is 6.30. The Bertz CT molecular complexity index is 636. The van der Waals surface area contributed by atoms with Gasteiger partial charge in [0, 0.05) is 25.5 Å². The lowest BCUT2D eigenvalue weighted by molar-refractivity contribution is 0.100. The molecule has 3 N–H and O–H groups in total. The second kappa shape index (κ2) is 4.51. The Kier molecular flexibility index (Phi) is 2.83. The van der Waals surface area contributed by atoms with E-state index in [1.807, 2.05) is 31.3 Å². The summed E-state index contributed by atoms with van der Waals surface area (Å²) in [7, 11) is 1.99. The minimum absolute atomic E-state index is 0.417. The molecule has 1 saturated heterocycles. The number of likely N-dealkylation sites (N-methyl/N-ethyl adjacent to an activating group) is 1. The fraction of sp³-hybridized carbons (Fsp3) is 0.286. The third-order valence-corrected chi connectivity index (χ3v) is 3.64. The van der Waals surface area contributed by atoms with Crippen molar-refractivity contribution < 1.29 is 4.79 Å². The highest BCUT2D eigenvalue weighted by molar-refractivity contribution is 6.06. The monoisotopic (exact) mass is 256 g/mol. The molecule has 0 unspecified atom stereocenters. The van der Waals surface area contributed by atoms with E-state index in [1.54, 1.807) is 6.07 Å². The van der Waals surface area contributed by atoms with Crippen LogP contribution >= 0.6 is 0 Å². The number of pyridine rings is 1. The van der Waals surface area contributed by atoms with Gasteiger partial charge in [0.1, 0.15) is 5.82 Å². The Labute approximate surface area is 111 Å². The number of para-hydroxylation sites is 1. The molecule has 0 spiro atoms. The number of primary amides is 1. The van der Waals surface area contributed by atoms with E-state index < -0.39 is 5.91 Å². The number of aromatic nitrogens is 1. The van der Waals surface area contributed by atoms with Crippen LogP contribution in [-0.2, 0) is 0 Å². The first kappa shape index (κ1) is 11.9. The van der Waals surface area contributed by atoms with Crippen LogP contribution in [0.2, 0.25) is 0 Å². The zero-order chi connectivity index (χ0) is 13.4. The topological polar surface area (TPSA) is 71.2 Å². The zero-order valence-corrected chi connectivity index (χ0v) is 10.8. The molecule has 1 aromatic carbocycles. The normalized spacial score (nSPS) is 15.2. The van der Waals surface area contributed by atoms with Gasteiger partial charge in [0.25, 0.3) is 0 Å². The predicted octanol–water partition coefficient (Wildman–Crippen LogP) is 0.742. The van der Waals surface area contributed by atoms with E-state index in [1.165, 1.54) is 0 Å². The van der Waals surface area contributed by atoms with E-state index in [4.69, 9.17) is 5.73 Å². The number of hydrogen-bond donors (Lipinski definition) is 2. The number of amides is 1. The lowest BCUT2D eigenvalue weighted by Gasteiger charge is -2.36. The van der Waals surface area contributed by atoms with Gasteiger partial charge in [0.05, 0.1) is 17.1 Å². The summed E-state index contributed by atoms with van der Waals surface area (Å²) in [5, 5.41) is 4.03. The SMILES string of the molecule is CN(c1cc(C(N)=O)c2ccccc2n1)C1CNC1. The fourth-order valence-corrected chi connectivity index (χ4v) is 2.28. The standard InChI is InChI=1S/C14H16N4O/c1-18(9-7-16-8-9)13-6-11(14(15)19)10-4-2-3-5-12(10)17-13/h2-6,9,16H,7-8H2,1H3,(H2,15,19). The Balaban J connectivity index is 2.12. The molecule has 98 valence electrons. The van der Waals surface area contributed by atoms with Gasteiger partial charge in [-0.3, -0.25) is 4.79 Å². The van der Waals surface area contributed by atoms with Crippen LogP contribution in [0, 0.1) is 0 Å². The highest BCUT2D eigenvalue weighted by atomic mass is 16.1. The van der Waals surface area contributed by atoms with Crippen LogP contribution < -0.4 is 16.0 Å². The summed E-state index contributed by atoms with van der Waals surface area (Å²) in [6.45, 7) is 1.88. The third kappa shape index (κ3) is 2.02. The molecular weight excluding hydrogens is 240 g/mol. The van der Waals surface area contributed by atoms with Crippen LogP contribution in [-0.4, -0.2) is 37.1 Å². The molecule has 5 heteroatoms. The second-order valence-corrected chi connectivity index (χ2v) is 4.83. The molecule has 1 aliphatic heterocycles. The van der Waals surface area contributed by atoms with Gasteiger partial charge in [0.15, 0.2) is 0 Å². The summed E-state index contributed by atoms with van der Waals surface area (Å²) >= 11 is 0. The first-order valence-electron chi connectivity index (χ1n) is 6.30. The number of benzene rings is 1. The van der Waals surface area contributed by atoms with Crippen molar-refractivity contribution in [3.63, 3.8) is 0 Å². The van der Waals surface area contributed by atoms with Crippen LogP contribution in [0.15, 0.2) is 30.3 Å². The molecule has 2 aromatic rings. The van der Waals surface area contributed by atoms with Crippen LogP contribution in [0.3, 0.4) is 0 Å². The Morgan fingerprint density at radius 3 is 2.79 bits per heavy atom. The molecule has 5 nitrogen and oxygen atoms in total. The number of anilines is 1. The van der Waals surface area contributed by atoms with Crippen LogP contribution in [0.25, 0.3) is 10.9 Å². The molecule has 0 radical (unpaired) electrons. The van der Waals surface area contributed by atoms with Gasteiger partial charge < -0.3 is 16.0 Å². The fourth-order valence-electron chi connectivity index (χ4n) is 2.28. The Hall–Kier alpha value is -2.14. The first-order chi connectivity index (χ1) is 9.16. The van der Waals surface area contributed by atoms with Gasteiger partial charge in [0.2, 0.25) is 5.91 Å². The molecule has 0 atom stereocenters. The molecule has 19 heavy (non-hydrogen) atoms. The lowest BCUT2D eigenvalue weighted by atomic mass is 10.1. The van der Waals surface area contributed by atoms with Crippen molar-refractivity contribution in [1.29, 1.82) is 0 Å². The molecule has 0 saturated carbocycles. The van der Waals surface area contributed by atoms with E-state index in [0.29, 0.717) is 11.6 Å². The van der Waals surface area contributed by atoms with Crippen LogP contribution in [0.5, 0.6) is 0 Å². The summed E-state index contributed by atoms with van der Waals surface area (Å²) < 4.78 is 0. The lowest BCUT2D eigenvalue weighted by Crippen LogP contribution is -2.56. The summed E-state index contributed by atoms with van der Waals surface area (Å²) in [4.78, 5) is 18.3. The highest BCUT2D eigenvalue weighted by Gasteiger charge is 2.23. The maximum atomic E-state index is 11.6. The number of fused-ring (bicyclic) bond motifs is 1. The number of nitrogens with one attached hydrogen (secondary N) is 1. The summed E-state index contributed by atoms with van der Waals surface area (Å²) in [6, 6.07) is 9.78. The van der Waals surface area contributed by atoms with Crippen molar-refractivity contribution in [3.8, 4) is 0 Å². The van der Waals surface area contributed by atoms with E-state index in [9.17, 15) is 4.79 Å². The van der Waals surface area contributed by atoms with Crippen LogP contribution in [0.4, 0.5) is 5.82 Å². The zero-order valence-electron chi connectivity index (χ0n) is 10.8. The number of carbonyl (C=O) groups excluding carboxylic acids is 1. The average Bonchev–Trinajstić information content (AvgIpc) is 2.35. The molecule has 1 fully saturated rings. The van der Waals surface area contributed by atoms with Crippen molar-refractivity contribution in [2.75, 3.05) is 25.0 Å². The molecule has 1 aromatic heterocycles. The van der Waals surface area contributed by atoms with Gasteiger partial charge >= 0.3 is 0 Å². The van der Waals surface area contributed by atoms with Gasteiger partial charge in [-0.2, -0.15) is 0 Å². The van der Waals surface area contributed by atoms with Crippen molar-refractivity contribution in [2.45, 2.75) is 6.04 Å². The maximum Gasteiger partial charge on any atom is 0.249 e. The number of hydrogen-bond acceptors (Lipinski definition) is 4. The minimum atomic E-state index is -0.417. The van der Waals surface area contributed by atoms with Gasteiger partial charge in [-0.1, -0.05) is 18.2 Å². The molecule has 1 amide bonds. The van der Waals surface area contributed by atoms with E-state index >= 15 is 0 Å². The van der Waals surface area contributed by atoms with Crippen molar-refractivity contribution in [2.24, 2.45) is 5.73 Å². The predicted molar refractivity (Wildman–Crippen MR) is 75.3 cm³/mol. The molecular formula is C14H16N4O.